The zero-order valence-corrected chi connectivity index (χ0v) is 23.0. The van der Waals surface area contributed by atoms with E-state index in [1.54, 1.807) is 0 Å². The van der Waals surface area contributed by atoms with E-state index in [2.05, 4.69) is 22.5 Å². The highest BCUT2D eigenvalue weighted by Gasteiger charge is 2.14. The molecule has 0 fully saturated rings. The second-order valence-electron chi connectivity index (χ2n) is 9.93. The van der Waals surface area contributed by atoms with Crippen molar-refractivity contribution in [2.24, 2.45) is 10.7 Å². The van der Waals surface area contributed by atoms with Gasteiger partial charge in [0.25, 0.3) is 0 Å². The highest BCUT2D eigenvalue weighted by atomic mass is 16.5. The van der Waals surface area contributed by atoms with Crippen molar-refractivity contribution >= 4 is 17.7 Å². The van der Waals surface area contributed by atoms with Gasteiger partial charge in [0.05, 0.1) is 13.2 Å². The minimum atomic E-state index is -0.155. The van der Waals surface area contributed by atoms with Crippen molar-refractivity contribution in [3.63, 3.8) is 0 Å². The molecule has 0 radical (unpaired) electrons. The molecule has 206 valence electrons. The fourth-order valence-corrected chi connectivity index (χ4v) is 4.50. The van der Waals surface area contributed by atoms with Gasteiger partial charge in [-0.2, -0.15) is 0 Å². The number of carbonyl (C=O) groups is 1. The van der Waals surface area contributed by atoms with Crippen LogP contribution in [0.1, 0.15) is 102 Å². The first-order chi connectivity index (χ1) is 18.1. The number of nitrogens with two attached hydrogens (primary N) is 1. The molecule has 1 aromatic carbocycles. The van der Waals surface area contributed by atoms with Gasteiger partial charge in [-0.1, -0.05) is 75.3 Å². The summed E-state index contributed by atoms with van der Waals surface area (Å²) in [5.41, 5.74) is 7.89. The lowest BCUT2D eigenvalue weighted by Crippen LogP contribution is -2.46. The molecule has 0 aromatic heterocycles. The number of hydrogen-bond acceptors (Lipinski definition) is 5. The average Bonchev–Trinajstić information content (AvgIpc) is 2.89. The van der Waals surface area contributed by atoms with E-state index in [0.717, 1.165) is 94.3 Å². The highest BCUT2D eigenvalue weighted by Crippen LogP contribution is 2.19. The highest BCUT2D eigenvalue weighted by molar-refractivity contribution is 5.95. The van der Waals surface area contributed by atoms with Gasteiger partial charge in [0.2, 0.25) is 0 Å². The van der Waals surface area contributed by atoms with Crippen LogP contribution in [-0.4, -0.2) is 42.3 Å². The van der Waals surface area contributed by atoms with Crippen LogP contribution in [0, 0.1) is 5.41 Å². The molecule has 0 atom stereocenters. The van der Waals surface area contributed by atoms with Crippen LogP contribution < -0.4 is 15.8 Å². The maximum absolute atomic E-state index is 12.9. The van der Waals surface area contributed by atoms with Crippen molar-refractivity contribution < 1.29 is 9.53 Å². The third kappa shape index (κ3) is 13.9. The summed E-state index contributed by atoms with van der Waals surface area (Å²) in [5, 5.41) is 10.8. The molecular weight excluding hydrogens is 462 g/mol. The molecule has 0 bridgehead atoms. The van der Waals surface area contributed by atoms with Gasteiger partial charge in [0.1, 0.15) is 5.75 Å². The number of guanidine groups is 1. The van der Waals surface area contributed by atoms with E-state index < -0.39 is 0 Å². The Bertz CT molecular complexity index is 852. The monoisotopic (exact) mass is 511 g/mol. The van der Waals surface area contributed by atoms with Gasteiger partial charge in [-0.3, -0.25) is 5.32 Å². The minimum absolute atomic E-state index is 0.148. The Morgan fingerprint density at radius 1 is 1.05 bits per heavy atom. The third-order valence-corrected chi connectivity index (χ3v) is 6.75. The number of allylic oxidation sites excluding steroid dienone is 2. The van der Waals surface area contributed by atoms with Crippen molar-refractivity contribution in [1.29, 1.82) is 5.41 Å². The molecule has 0 spiro atoms. The number of aliphatic imine (C=N–C) groups is 1. The third-order valence-electron chi connectivity index (χ3n) is 6.75. The van der Waals surface area contributed by atoms with E-state index in [9.17, 15) is 4.79 Å². The Balaban J connectivity index is 1.69. The molecule has 0 saturated carbocycles. The van der Waals surface area contributed by atoms with Crippen LogP contribution in [0.3, 0.4) is 0 Å². The zero-order valence-electron chi connectivity index (χ0n) is 23.0. The molecule has 1 aliphatic heterocycles. The van der Waals surface area contributed by atoms with E-state index in [4.69, 9.17) is 15.9 Å². The topological polar surface area (TPSA) is 104 Å². The second-order valence-corrected chi connectivity index (χ2v) is 9.93. The molecule has 2 rings (SSSR count). The smallest absolute Gasteiger partial charge is 0.324 e. The Labute approximate surface area is 224 Å². The van der Waals surface area contributed by atoms with Crippen molar-refractivity contribution in [2.75, 3.05) is 19.7 Å². The number of unbranched alkanes of at least 4 members (excludes halogenated alkanes) is 6. The molecule has 1 aromatic rings. The number of para-hydroxylation sites is 1. The summed E-state index contributed by atoms with van der Waals surface area (Å²) < 4.78 is 5.96. The predicted molar refractivity (Wildman–Crippen MR) is 155 cm³/mol. The van der Waals surface area contributed by atoms with Crippen LogP contribution >= 0.6 is 0 Å². The Kier molecular flexibility index (Phi) is 15.9. The summed E-state index contributed by atoms with van der Waals surface area (Å²) in [6, 6.07) is 7.70. The molecule has 4 N–H and O–H groups in total. The average molecular weight is 512 g/mol. The molecule has 1 aliphatic rings. The number of nitrogens with one attached hydrogen (secondary N) is 2. The molecule has 0 unspecified atom stereocenters. The van der Waals surface area contributed by atoms with Crippen LogP contribution in [0.25, 0.3) is 0 Å². The lowest BCUT2D eigenvalue weighted by Gasteiger charge is -2.23. The molecule has 7 heteroatoms. The number of ether oxygens (including phenoxy) is 1. The summed E-state index contributed by atoms with van der Waals surface area (Å²) in [5.74, 6) is 0.982. The first-order valence-electron chi connectivity index (χ1n) is 14.3. The lowest BCUT2D eigenvalue weighted by molar-refractivity contribution is 0.200. The summed E-state index contributed by atoms with van der Waals surface area (Å²) in [6.45, 7) is 4.58. The summed E-state index contributed by atoms with van der Waals surface area (Å²) in [6.07, 6.45) is 19.3. The Morgan fingerprint density at radius 2 is 1.78 bits per heavy atom. The number of nitrogens with zero attached hydrogens (tertiary/aromatic N) is 2. The molecule has 0 saturated heterocycles. The van der Waals surface area contributed by atoms with E-state index in [1.165, 1.54) is 25.7 Å². The van der Waals surface area contributed by atoms with Crippen LogP contribution in [-0.2, 0) is 6.54 Å². The van der Waals surface area contributed by atoms with Gasteiger partial charge in [0.15, 0.2) is 5.96 Å². The van der Waals surface area contributed by atoms with Crippen LogP contribution in [0.15, 0.2) is 41.4 Å². The first kappa shape index (κ1) is 30.4. The molecule has 2 amide bonds. The fraction of sp³-hybridized carbons (Fsp3) is 0.633. The van der Waals surface area contributed by atoms with Crippen molar-refractivity contribution in [3.8, 4) is 5.75 Å². The van der Waals surface area contributed by atoms with Gasteiger partial charge < -0.3 is 20.8 Å². The number of fused-ring (bicyclic) bond motifs is 1. The van der Waals surface area contributed by atoms with Gasteiger partial charge in [-0.15, -0.1) is 0 Å². The number of rotatable bonds is 13. The quantitative estimate of drug-likeness (QED) is 0.151. The summed E-state index contributed by atoms with van der Waals surface area (Å²) in [4.78, 5) is 19.2. The predicted octanol–water partition coefficient (Wildman–Crippen LogP) is 6.96. The van der Waals surface area contributed by atoms with Crippen LogP contribution in [0.4, 0.5) is 4.79 Å². The first-order valence-corrected chi connectivity index (χ1v) is 14.3. The fourth-order valence-electron chi connectivity index (χ4n) is 4.50. The maximum atomic E-state index is 12.9. The Morgan fingerprint density at radius 3 is 2.59 bits per heavy atom. The SMILES string of the molecule is C/C=C/CCC(=N)CCCCCCCCCN1CCCCCCOc2ccccc2CN=C(N)NC1=O. The summed E-state index contributed by atoms with van der Waals surface area (Å²) in [7, 11) is 0. The number of hydrogen-bond donors (Lipinski definition) is 3. The van der Waals surface area contributed by atoms with E-state index in [1.807, 2.05) is 36.1 Å². The molecule has 1 heterocycles. The number of benzene rings is 1. The normalized spacial score (nSPS) is 15.8. The number of urea groups is 1. The molecule has 7 nitrogen and oxygen atoms in total. The lowest BCUT2D eigenvalue weighted by atomic mass is 10.0. The second kappa shape index (κ2) is 19.3. The van der Waals surface area contributed by atoms with E-state index in [-0.39, 0.29) is 12.0 Å². The standard InChI is InChI=1S/C30H49N5O2/c1-2-3-11-19-27(31)20-12-7-5-4-6-8-15-22-35-23-16-9-10-17-24-37-28-21-14-13-18-26(28)25-33-29(32)34-30(35)36/h2-3,13-14,18,21,31H,4-12,15-17,19-20,22-25H2,1H3,(H3,32,33,34,36)/b3-2+,31-27?. The maximum Gasteiger partial charge on any atom is 0.324 e. The van der Waals surface area contributed by atoms with Crippen molar-refractivity contribution in [1.82, 2.24) is 10.2 Å². The Hall–Kier alpha value is -2.83. The molecular formula is C30H49N5O2. The van der Waals surface area contributed by atoms with Gasteiger partial charge >= 0.3 is 6.03 Å². The van der Waals surface area contributed by atoms with E-state index >= 15 is 0 Å². The van der Waals surface area contributed by atoms with Gasteiger partial charge in [0, 0.05) is 24.4 Å². The summed E-state index contributed by atoms with van der Waals surface area (Å²) >= 11 is 0. The van der Waals surface area contributed by atoms with Gasteiger partial charge in [-0.25, -0.2) is 9.79 Å². The van der Waals surface area contributed by atoms with Crippen molar-refractivity contribution in [3.05, 3.63) is 42.0 Å². The number of carbonyl (C=O) groups excluding carboxylic acids is 1. The largest absolute Gasteiger partial charge is 0.493 e. The number of amides is 2. The van der Waals surface area contributed by atoms with Crippen molar-refractivity contribution in [2.45, 2.75) is 103 Å². The van der Waals surface area contributed by atoms with Crippen LogP contribution in [0.2, 0.25) is 0 Å². The molecule has 37 heavy (non-hydrogen) atoms. The molecule has 0 aliphatic carbocycles. The van der Waals surface area contributed by atoms with Gasteiger partial charge in [-0.05, 0) is 57.9 Å². The minimum Gasteiger partial charge on any atom is -0.493 e. The zero-order chi connectivity index (χ0) is 26.6. The van der Waals surface area contributed by atoms with E-state index in [0.29, 0.717) is 13.2 Å². The van der Waals surface area contributed by atoms with Crippen LogP contribution in [0.5, 0.6) is 5.75 Å².